The fourth-order valence-electron chi connectivity index (χ4n) is 2.24. The maximum atomic E-state index is 5.90. The molecule has 0 aliphatic heterocycles. The molecular formula is C18H15ClN2O. The highest BCUT2D eigenvalue weighted by atomic mass is 35.5. The second kappa shape index (κ2) is 6.50. The van der Waals surface area contributed by atoms with Gasteiger partial charge in [0.1, 0.15) is 5.75 Å². The van der Waals surface area contributed by atoms with Crippen molar-refractivity contribution < 1.29 is 4.74 Å². The Morgan fingerprint density at radius 2 is 1.73 bits per heavy atom. The molecule has 22 heavy (non-hydrogen) atoms. The molecule has 3 nitrogen and oxygen atoms in total. The molecular weight excluding hydrogens is 296 g/mol. The van der Waals surface area contributed by atoms with Gasteiger partial charge in [-0.15, -0.1) is 0 Å². The number of pyridine rings is 1. The number of hydrogen-bond acceptors (Lipinski definition) is 3. The monoisotopic (exact) mass is 310 g/mol. The number of ether oxygens (including phenoxy) is 1. The van der Waals surface area contributed by atoms with E-state index in [-0.39, 0.29) is 0 Å². The lowest BCUT2D eigenvalue weighted by Gasteiger charge is -2.10. The smallest absolute Gasteiger partial charge is 0.126 e. The number of para-hydroxylation sites is 1. The number of aromatic nitrogens is 1. The molecule has 0 aliphatic carbocycles. The Hall–Kier alpha value is -2.52. The lowest BCUT2D eigenvalue weighted by Crippen LogP contribution is -1.93. The zero-order valence-corrected chi connectivity index (χ0v) is 12.8. The third-order valence-electron chi connectivity index (χ3n) is 3.29. The Bertz CT molecular complexity index is 772. The van der Waals surface area contributed by atoms with Crippen molar-refractivity contribution in [3.05, 3.63) is 72.0 Å². The molecule has 0 bridgehead atoms. The Morgan fingerprint density at radius 3 is 2.50 bits per heavy atom. The molecule has 0 spiro atoms. The second-order valence-electron chi connectivity index (χ2n) is 4.79. The summed E-state index contributed by atoms with van der Waals surface area (Å²) < 4.78 is 5.41. The molecule has 0 radical (unpaired) electrons. The average molecular weight is 311 g/mol. The molecule has 4 heteroatoms. The van der Waals surface area contributed by atoms with Gasteiger partial charge in [0.15, 0.2) is 0 Å². The molecule has 2 aromatic carbocycles. The minimum absolute atomic E-state index is 0.714. The number of anilines is 2. The van der Waals surface area contributed by atoms with E-state index in [0.717, 1.165) is 28.3 Å². The van der Waals surface area contributed by atoms with Gasteiger partial charge in [0.2, 0.25) is 0 Å². The lowest BCUT2D eigenvalue weighted by molar-refractivity contribution is 0.416. The van der Waals surface area contributed by atoms with E-state index in [1.807, 2.05) is 60.8 Å². The van der Waals surface area contributed by atoms with Crippen LogP contribution < -0.4 is 10.1 Å². The van der Waals surface area contributed by atoms with Gasteiger partial charge in [-0.1, -0.05) is 29.8 Å². The Labute approximate surface area is 134 Å². The molecule has 0 unspecified atom stereocenters. The van der Waals surface area contributed by atoms with Gasteiger partial charge < -0.3 is 10.1 Å². The van der Waals surface area contributed by atoms with Gasteiger partial charge >= 0.3 is 0 Å². The van der Waals surface area contributed by atoms with Crippen molar-refractivity contribution >= 4 is 23.0 Å². The summed E-state index contributed by atoms with van der Waals surface area (Å²) in [4.78, 5) is 4.31. The normalized spacial score (nSPS) is 10.3. The number of rotatable bonds is 4. The highest BCUT2D eigenvalue weighted by Crippen LogP contribution is 2.31. The fourth-order valence-corrected chi connectivity index (χ4v) is 2.36. The van der Waals surface area contributed by atoms with Gasteiger partial charge in [-0.2, -0.15) is 0 Å². The van der Waals surface area contributed by atoms with Crippen LogP contribution in [0, 0.1) is 0 Å². The van der Waals surface area contributed by atoms with Crippen LogP contribution in [0.2, 0.25) is 5.02 Å². The van der Waals surface area contributed by atoms with Crippen LogP contribution in [-0.2, 0) is 0 Å². The van der Waals surface area contributed by atoms with E-state index < -0.39 is 0 Å². The first-order valence-electron chi connectivity index (χ1n) is 6.87. The first-order chi connectivity index (χ1) is 10.8. The molecule has 3 rings (SSSR count). The fraction of sp³-hybridized carbons (Fsp3) is 0.0556. The van der Waals surface area contributed by atoms with E-state index in [2.05, 4.69) is 10.3 Å². The van der Waals surface area contributed by atoms with Gasteiger partial charge in [-0.3, -0.25) is 4.98 Å². The Morgan fingerprint density at radius 1 is 0.955 bits per heavy atom. The Kier molecular flexibility index (Phi) is 4.26. The summed E-state index contributed by atoms with van der Waals surface area (Å²) in [6.07, 6.45) is 3.61. The number of methoxy groups -OCH3 is 1. The first kappa shape index (κ1) is 14.4. The quantitative estimate of drug-likeness (QED) is 0.723. The molecule has 0 fully saturated rings. The van der Waals surface area contributed by atoms with Gasteiger partial charge in [0.05, 0.1) is 19.0 Å². The summed E-state index contributed by atoms with van der Waals surface area (Å²) in [6.45, 7) is 0. The van der Waals surface area contributed by atoms with Crippen LogP contribution in [-0.4, -0.2) is 12.1 Å². The molecule has 110 valence electrons. The highest BCUT2D eigenvalue weighted by molar-refractivity contribution is 6.30. The Balaban J connectivity index is 1.91. The molecule has 0 saturated carbocycles. The number of nitrogens with one attached hydrogen (secondary N) is 1. The summed E-state index contributed by atoms with van der Waals surface area (Å²) in [7, 11) is 1.67. The first-order valence-corrected chi connectivity index (χ1v) is 7.25. The summed E-state index contributed by atoms with van der Waals surface area (Å²) in [6, 6.07) is 17.5. The van der Waals surface area contributed by atoms with Gasteiger partial charge in [0.25, 0.3) is 0 Å². The number of hydrogen-bond donors (Lipinski definition) is 1. The van der Waals surface area contributed by atoms with Gasteiger partial charge in [-0.25, -0.2) is 0 Å². The van der Waals surface area contributed by atoms with Crippen LogP contribution in [0.3, 0.4) is 0 Å². The minimum Gasteiger partial charge on any atom is -0.496 e. The number of nitrogens with zero attached hydrogens (tertiary/aromatic N) is 1. The van der Waals surface area contributed by atoms with Crippen LogP contribution in [0.5, 0.6) is 5.75 Å². The molecule has 0 atom stereocenters. The maximum Gasteiger partial charge on any atom is 0.126 e. The average Bonchev–Trinajstić information content (AvgIpc) is 2.57. The topological polar surface area (TPSA) is 34.1 Å². The van der Waals surface area contributed by atoms with Crippen LogP contribution in [0.4, 0.5) is 11.4 Å². The third-order valence-corrected chi connectivity index (χ3v) is 3.54. The van der Waals surface area contributed by atoms with Crippen LogP contribution in [0.15, 0.2) is 67.0 Å². The van der Waals surface area contributed by atoms with Crippen molar-refractivity contribution in [3.8, 4) is 16.9 Å². The highest BCUT2D eigenvalue weighted by Gasteiger charge is 2.06. The van der Waals surface area contributed by atoms with E-state index in [1.54, 1.807) is 13.3 Å². The zero-order valence-electron chi connectivity index (χ0n) is 12.1. The lowest BCUT2D eigenvalue weighted by atomic mass is 10.1. The molecule has 1 aromatic heterocycles. The molecule has 3 aromatic rings. The van der Waals surface area contributed by atoms with E-state index in [1.165, 1.54) is 0 Å². The van der Waals surface area contributed by atoms with Crippen molar-refractivity contribution in [2.45, 2.75) is 0 Å². The number of halogens is 1. The molecule has 1 heterocycles. The summed E-state index contributed by atoms with van der Waals surface area (Å²) in [5.41, 5.74) is 3.88. The minimum atomic E-state index is 0.714. The predicted molar refractivity (Wildman–Crippen MR) is 91.0 cm³/mol. The van der Waals surface area contributed by atoms with Crippen molar-refractivity contribution in [2.75, 3.05) is 12.4 Å². The summed E-state index contributed by atoms with van der Waals surface area (Å²) in [5.74, 6) is 0.827. The van der Waals surface area contributed by atoms with Crippen LogP contribution >= 0.6 is 11.6 Å². The molecule has 0 amide bonds. The van der Waals surface area contributed by atoms with Gasteiger partial charge in [-0.05, 0) is 36.4 Å². The standard InChI is InChI=1S/C18H15ClN2O/c1-22-18-5-3-2-4-17(18)13-10-16(12-20-11-13)21-15-8-6-14(19)7-9-15/h2-12,21H,1H3. The third kappa shape index (κ3) is 3.21. The predicted octanol–water partition coefficient (Wildman–Crippen LogP) is 5.15. The maximum absolute atomic E-state index is 5.90. The van der Waals surface area contributed by atoms with E-state index in [0.29, 0.717) is 5.02 Å². The SMILES string of the molecule is COc1ccccc1-c1cncc(Nc2ccc(Cl)cc2)c1. The zero-order chi connectivity index (χ0) is 15.4. The van der Waals surface area contributed by atoms with E-state index in [9.17, 15) is 0 Å². The summed E-state index contributed by atoms with van der Waals surface area (Å²) in [5, 5.41) is 4.03. The van der Waals surface area contributed by atoms with Crippen molar-refractivity contribution in [3.63, 3.8) is 0 Å². The van der Waals surface area contributed by atoms with E-state index >= 15 is 0 Å². The molecule has 0 aliphatic rings. The van der Waals surface area contributed by atoms with Crippen LogP contribution in [0.25, 0.3) is 11.1 Å². The van der Waals surface area contributed by atoms with E-state index in [4.69, 9.17) is 16.3 Å². The molecule has 0 saturated heterocycles. The van der Waals surface area contributed by atoms with Gasteiger partial charge in [0, 0.05) is 28.0 Å². The van der Waals surface area contributed by atoms with Crippen molar-refractivity contribution in [1.82, 2.24) is 4.98 Å². The second-order valence-corrected chi connectivity index (χ2v) is 5.23. The summed E-state index contributed by atoms with van der Waals surface area (Å²) >= 11 is 5.90. The molecule has 1 N–H and O–H groups in total. The number of benzene rings is 2. The van der Waals surface area contributed by atoms with Crippen molar-refractivity contribution in [1.29, 1.82) is 0 Å². The van der Waals surface area contributed by atoms with Crippen molar-refractivity contribution in [2.24, 2.45) is 0 Å². The largest absolute Gasteiger partial charge is 0.496 e. The van der Waals surface area contributed by atoms with Crippen LogP contribution in [0.1, 0.15) is 0 Å².